The highest BCUT2D eigenvalue weighted by Gasteiger charge is 2.27. The van der Waals surface area contributed by atoms with Crippen LogP contribution >= 0.6 is 0 Å². The van der Waals surface area contributed by atoms with Crippen molar-refractivity contribution in [1.29, 1.82) is 0 Å². The minimum atomic E-state index is -3.56. The summed E-state index contributed by atoms with van der Waals surface area (Å²) in [5.41, 5.74) is 0. The van der Waals surface area contributed by atoms with Gasteiger partial charge in [0.15, 0.2) is 0 Å². The number of ether oxygens (including phenoxy) is 1. The van der Waals surface area contributed by atoms with Gasteiger partial charge in [-0.25, -0.2) is 8.42 Å². The quantitative estimate of drug-likeness (QED) is 0.666. The fourth-order valence-electron chi connectivity index (χ4n) is 1.96. The molecule has 0 bridgehead atoms. The van der Waals surface area contributed by atoms with Crippen LogP contribution in [0.4, 0.5) is 0 Å². The normalized spacial score (nSPS) is 13.8. The molecule has 1 aromatic rings. The van der Waals surface area contributed by atoms with Gasteiger partial charge < -0.3 is 14.5 Å². The van der Waals surface area contributed by atoms with E-state index in [1.54, 1.807) is 20.2 Å². The predicted octanol–water partition coefficient (Wildman–Crippen LogP) is 1.82. The molecular weight excluding hydrogens is 292 g/mol. The summed E-state index contributed by atoms with van der Waals surface area (Å²) in [5, 5.41) is 3.11. The average molecular weight is 318 g/mol. The van der Waals surface area contributed by atoms with Crippen molar-refractivity contribution in [1.82, 2.24) is 9.62 Å². The van der Waals surface area contributed by atoms with Crippen molar-refractivity contribution in [2.75, 3.05) is 27.3 Å². The van der Waals surface area contributed by atoms with Gasteiger partial charge in [0.25, 0.3) is 10.0 Å². The SMILES string of the molecule is CCCC(C)N(C)S(=O)(=O)c1ccc(CNCCOC)o1. The molecule has 1 atom stereocenters. The molecule has 122 valence electrons. The molecule has 21 heavy (non-hydrogen) atoms. The molecule has 0 amide bonds. The molecule has 0 saturated carbocycles. The number of hydrogen-bond donors (Lipinski definition) is 1. The molecule has 1 heterocycles. The third-order valence-corrected chi connectivity index (χ3v) is 5.23. The highest BCUT2D eigenvalue weighted by molar-refractivity contribution is 7.89. The third-order valence-electron chi connectivity index (χ3n) is 3.38. The van der Waals surface area contributed by atoms with E-state index in [1.807, 2.05) is 13.8 Å². The van der Waals surface area contributed by atoms with Crippen LogP contribution in [0.5, 0.6) is 0 Å². The maximum atomic E-state index is 12.4. The fourth-order valence-corrected chi connectivity index (χ4v) is 3.27. The number of nitrogens with zero attached hydrogens (tertiary/aromatic N) is 1. The van der Waals surface area contributed by atoms with E-state index < -0.39 is 10.0 Å². The lowest BCUT2D eigenvalue weighted by molar-refractivity contribution is 0.198. The minimum Gasteiger partial charge on any atom is -0.447 e. The highest BCUT2D eigenvalue weighted by atomic mass is 32.2. The van der Waals surface area contributed by atoms with Crippen molar-refractivity contribution in [2.45, 2.75) is 44.4 Å². The summed E-state index contributed by atoms with van der Waals surface area (Å²) in [4.78, 5) is 0. The Kier molecular flexibility index (Phi) is 7.37. The third kappa shape index (κ3) is 5.10. The van der Waals surface area contributed by atoms with Gasteiger partial charge in [-0.1, -0.05) is 13.3 Å². The lowest BCUT2D eigenvalue weighted by Gasteiger charge is -2.22. The Labute approximate surface area is 127 Å². The Morgan fingerprint density at radius 3 is 2.76 bits per heavy atom. The van der Waals surface area contributed by atoms with Crippen LogP contribution in [0.15, 0.2) is 21.6 Å². The second kappa shape index (κ2) is 8.53. The number of rotatable bonds is 10. The Bertz CT molecular complexity index is 513. The van der Waals surface area contributed by atoms with E-state index >= 15 is 0 Å². The summed E-state index contributed by atoms with van der Waals surface area (Å²) >= 11 is 0. The molecule has 6 nitrogen and oxygen atoms in total. The van der Waals surface area contributed by atoms with Gasteiger partial charge in [0, 0.05) is 26.7 Å². The van der Waals surface area contributed by atoms with Crippen molar-refractivity contribution in [3.63, 3.8) is 0 Å². The zero-order valence-corrected chi connectivity index (χ0v) is 14.1. The minimum absolute atomic E-state index is 0.00325. The van der Waals surface area contributed by atoms with E-state index in [9.17, 15) is 8.42 Å². The molecule has 0 radical (unpaired) electrons. The molecular formula is C14H26N2O4S. The predicted molar refractivity (Wildman–Crippen MR) is 81.6 cm³/mol. The molecule has 0 spiro atoms. The van der Waals surface area contributed by atoms with Crippen molar-refractivity contribution in [3.8, 4) is 0 Å². The van der Waals surface area contributed by atoms with Gasteiger partial charge in [0.05, 0.1) is 13.2 Å². The fraction of sp³-hybridized carbons (Fsp3) is 0.714. The summed E-state index contributed by atoms with van der Waals surface area (Å²) < 4.78 is 36.6. The van der Waals surface area contributed by atoms with Crippen LogP contribution in [-0.2, 0) is 21.3 Å². The van der Waals surface area contributed by atoms with Crippen LogP contribution in [0, 0.1) is 0 Å². The molecule has 1 aromatic heterocycles. The second-order valence-electron chi connectivity index (χ2n) is 5.05. The van der Waals surface area contributed by atoms with E-state index in [1.165, 1.54) is 10.4 Å². The van der Waals surface area contributed by atoms with E-state index in [-0.39, 0.29) is 11.1 Å². The van der Waals surface area contributed by atoms with Gasteiger partial charge in [0.1, 0.15) is 5.76 Å². The van der Waals surface area contributed by atoms with Crippen LogP contribution < -0.4 is 5.32 Å². The summed E-state index contributed by atoms with van der Waals surface area (Å²) in [6.45, 7) is 5.70. The number of hydrogen-bond acceptors (Lipinski definition) is 5. The first-order valence-electron chi connectivity index (χ1n) is 7.19. The van der Waals surface area contributed by atoms with Crippen molar-refractivity contribution in [3.05, 3.63) is 17.9 Å². The first kappa shape index (κ1) is 18.2. The largest absolute Gasteiger partial charge is 0.447 e. The Hall–Kier alpha value is -0.890. The van der Waals surface area contributed by atoms with Gasteiger partial charge in [-0.3, -0.25) is 0 Å². The lowest BCUT2D eigenvalue weighted by atomic mass is 10.2. The second-order valence-corrected chi connectivity index (χ2v) is 6.98. The molecule has 1 N–H and O–H groups in total. The van der Waals surface area contributed by atoms with Crippen molar-refractivity contribution >= 4 is 10.0 Å². The van der Waals surface area contributed by atoms with E-state index in [4.69, 9.17) is 9.15 Å². The van der Waals surface area contributed by atoms with Gasteiger partial charge in [-0.2, -0.15) is 4.31 Å². The van der Waals surface area contributed by atoms with Crippen LogP contribution in [0.25, 0.3) is 0 Å². The molecule has 0 aliphatic rings. The Morgan fingerprint density at radius 1 is 1.43 bits per heavy atom. The number of furan rings is 1. The van der Waals surface area contributed by atoms with Gasteiger partial charge in [-0.05, 0) is 25.5 Å². The van der Waals surface area contributed by atoms with Crippen LogP contribution in [0.2, 0.25) is 0 Å². The zero-order chi connectivity index (χ0) is 15.9. The van der Waals surface area contributed by atoms with Crippen molar-refractivity contribution < 1.29 is 17.6 Å². The number of sulfonamides is 1. The Morgan fingerprint density at radius 2 is 2.14 bits per heavy atom. The molecule has 0 fully saturated rings. The standard InChI is InChI=1S/C14H26N2O4S/c1-5-6-12(2)16(3)21(17,18)14-8-7-13(20-14)11-15-9-10-19-4/h7-8,12,15H,5-6,9-11H2,1-4H3. The molecule has 0 aliphatic carbocycles. The van der Waals surface area contributed by atoms with Crippen LogP contribution in [0.3, 0.4) is 0 Å². The van der Waals surface area contributed by atoms with E-state index in [0.717, 1.165) is 12.8 Å². The first-order valence-corrected chi connectivity index (χ1v) is 8.63. The molecule has 1 rings (SSSR count). The van der Waals surface area contributed by atoms with E-state index in [0.29, 0.717) is 25.5 Å². The highest BCUT2D eigenvalue weighted by Crippen LogP contribution is 2.20. The number of methoxy groups -OCH3 is 1. The molecule has 0 aromatic carbocycles. The monoisotopic (exact) mass is 318 g/mol. The summed E-state index contributed by atoms with van der Waals surface area (Å²) in [6.07, 6.45) is 1.76. The molecule has 7 heteroatoms. The lowest BCUT2D eigenvalue weighted by Crippen LogP contribution is -2.34. The molecule has 1 unspecified atom stereocenters. The smallest absolute Gasteiger partial charge is 0.276 e. The van der Waals surface area contributed by atoms with Gasteiger partial charge in [0.2, 0.25) is 5.09 Å². The molecule has 0 aliphatic heterocycles. The van der Waals surface area contributed by atoms with E-state index in [2.05, 4.69) is 5.32 Å². The van der Waals surface area contributed by atoms with Gasteiger partial charge >= 0.3 is 0 Å². The summed E-state index contributed by atoms with van der Waals surface area (Å²) in [6, 6.07) is 3.15. The van der Waals surface area contributed by atoms with Gasteiger partial charge in [-0.15, -0.1) is 0 Å². The van der Waals surface area contributed by atoms with Crippen molar-refractivity contribution in [2.24, 2.45) is 0 Å². The topological polar surface area (TPSA) is 71.8 Å². The van der Waals surface area contributed by atoms with Crippen LogP contribution in [0.1, 0.15) is 32.4 Å². The maximum Gasteiger partial charge on any atom is 0.276 e. The zero-order valence-electron chi connectivity index (χ0n) is 13.3. The number of nitrogens with one attached hydrogen (secondary N) is 1. The average Bonchev–Trinajstić information content (AvgIpc) is 2.92. The molecule has 0 saturated heterocycles. The maximum absolute atomic E-state index is 12.4. The Balaban J connectivity index is 2.69. The van der Waals surface area contributed by atoms with Crippen LogP contribution in [-0.4, -0.2) is 46.1 Å². The first-order chi connectivity index (χ1) is 9.93. The summed E-state index contributed by atoms with van der Waals surface area (Å²) in [7, 11) is -0.337. The summed E-state index contributed by atoms with van der Waals surface area (Å²) in [5.74, 6) is 0.598.